The molecule has 160 valence electrons. The van der Waals surface area contributed by atoms with Crippen LogP contribution in [0.5, 0.6) is 5.75 Å². The molecule has 2 aromatic rings. The molecule has 1 atom stereocenters. The van der Waals surface area contributed by atoms with Crippen LogP contribution in [0.25, 0.3) is 0 Å². The summed E-state index contributed by atoms with van der Waals surface area (Å²) in [4.78, 5) is 8.52. The molecular formula is C20H19BrClF3N4O. The number of alkyl halides is 3. The van der Waals surface area contributed by atoms with Gasteiger partial charge in [-0.3, -0.25) is 0 Å². The molecule has 0 amide bonds. The number of allylic oxidation sites excluding steroid dienone is 2. The molecule has 0 bridgehead atoms. The highest BCUT2D eigenvalue weighted by atomic mass is 79.9. The minimum Gasteiger partial charge on any atom is -0.466 e. The second-order valence-corrected chi connectivity index (χ2v) is 7.85. The van der Waals surface area contributed by atoms with Crippen LogP contribution in [0.4, 0.5) is 19.0 Å². The lowest BCUT2D eigenvalue weighted by atomic mass is 10.1. The first-order valence-corrected chi connectivity index (χ1v) is 10.2. The van der Waals surface area contributed by atoms with Crippen molar-refractivity contribution in [2.75, 3.05) is 11.9 Å². The Kier molecular flexibility index (Phi) is 6.92. The highest BCUT2D eigenvalue weighted by molar-refractivity contribution is 9.10. The van der Waals surface area contributed by atoms with E-state index in [1.54, 1.807) is 13.0 Å². The molecule has 0 radical (unpaired) electrons. The van der Waals surface area contributed by atoms with E-state index in [1.165, 1.54) is 6.08 Å². The second kappa shape index (κ2) is 9.26. The zero-order chi connectivity index (χ0) is 21.9. The fourth-order valence-electron chi connectivity index (χ4n) is 2.79. The van der Waals surface area contributed by atoms with Crippen molar-refractivity contribution in [3.63, 3.8) is 0 Å². The molecule has 3 rings (SSSR count). The normalized spacial score (nSPS) is 16.1. The van der Waals surface area contributed by atoms with E-state index in [2.05, 4.69) is 36.5 Å². The largest absolute Gasteiger partial charge is 0.466 e. The number of anilines is 1. The molecular weight excluding hydrogens is 485 g/mol. The van der Waals surface area contributed by atoms with Gasteiger partial charge in [0.05, 0.1) is 15.7 Å². The van der Waals surface area contributed by atoms with E-state index in [0.717, 1.165) is 23.5 Å². The highest BCUT2D eigenvalue weighted by Gasteiger charge is 2.33. The van der Waals surface area contributed by atoms with Crippen LogP contribution in [0.15, 0.2) is 46.6 Å². The van der Waals surface area contributed by atoms with Crippen LogP contribution in [0.3, 0.4) is 0 Å². The quantitative estimate of drug-likeness (QED) is 0.547. The minimum absolute atomic E-state index is 0.501. The standard InChI is InChI=1S/C20H19BrClF3N4O/c1-11-18(22)19(29-12(2)28-11)26-8-7-13-3-5-16(15(21)9-13)30-17-6-4-14(10-27-17)20(23,24)25/h3-6,9-10,17,27H,7-8H2,1-2H3,(H,26,28,29). The van der Waals surface area contributed by atoms with Crippen molar-refractivity contribution in [3.8, 4) is 5.75 Å². The Morgan fingerprint density at radius 1 is 1.27 bits per heavy atom. The summed E-state index contributed by atoms with van der Waals surface area (Å²) in [6, 6.07) is 5.56. The van der Waals surface area contributed by atoms with E-state index in [4.69, 9.17) is 16.3 Å². The van der Waals surface area contributed by atoms with Gasteiger partial charge in [0.2, 0.25) is 0 Å². The van der Waals surface area contributed by atoms with Crippen molar-refractivity contribution in [2.45, 2.75) is 32.7 Å². The van der Waals surface area contributed by atoms with Crippen LogP contribution in [-0.2, 0) is 6.42 Å². The maximum absolute atomic E-state index is 12.6. The average molecular weight is 504 g/mol. The molecule has 0 fully saturated rings. The lowest BCUT2D eigenvalue weighted by Crippen LogP contribution is -2.32. The van der Waals surface area contributed by atoms with Gasteiger partial charge in [-0.1, -0.05) is 17.7 Å². The Morgan fingerprint density at radius 3 is 2.67 bits per heavy atom. The molecule has 30 heavy (non-hydrogen) atoms. The summed E-state index contributed by atoms with van der Waals surface area (Å²) in [5, 5.41) is 6.30. The van der Waals surface area contributed by atoms with Crippen molar-refractivity contribution < 1.29 is 17.9 Å². The molecule has 0 spiro atoms. The molecule has 2 N–H and O–H groups in total. The van der Waals surface area contributed by atoms with Gasteiger partial charge in [0.15, 0.2) is 6.23 Å². The number of rotatable bonds is 6. The second-order valence-electron chi connectivity index (χ2n) is 6.62. The predicted octanol–water partition coefficient (Wildman–Crippen LogP) is 5.47. The van der Waals surface area contributed by atoms with Crippen LogP contribution in [0, 0.1) is 13.8 Å². The third-order valence-corrected chi connectivity index (χ3v) is 5.34. The fraction of sp³-hybridized carbons (Fsp3) is 0.300. The van der Waals surface area contributed by atoms with Crippen molar-refractivity contribution in [2.24, 2.45) is 0 Å². The SMILES string of the molecule is Cc1nc(C)c(Cl)c(NCCc2ccc(OC3C=CC(C(F)(F)F)=CN3)c(Br)c2)n1. The number of nitrogens with zero attached hydrogens (tertiary/aromatic N) is 2. The lowest BCUT2D eigenvalue weighted by Gasteiger charge is -2.22. The third kappa shape index (κ3) is 5.66. The summed E-state index contributed by atoms with van der Waals surface area (Å²) in [6.07, 6.45) is -1.15. The number of aromatic nitrogens is 2. The van der Waals surface area contributed by atoms with Gasteiger partial charge >= 0.3 is 6.18 Å². The van der Waals surface area contributed by atoms with Crippen LogP contribution in [0.2, 0.25) is 5.02 Å². The first-order valence-electron chi connectivity index (χ1n) is 9.05. The first kappa shape index (κ1) is 22.4. The molecule has 5 nitrogen and oxygen atoms in total. The Morgan fingerprint density at radius 2 is 2.03 bits per heavy atom. The molecule has 2 heterocycles. The number of halogens is 5. The van der Waals surface area contributed by atoms with E-state index in [1.807, 2.05) is 19.1 Å². The Balaban J connectivity index is 1.56. The Labute approximate surface area is 185 Å². The number of hydrogen-bond donors (Lipinski definition) is 2. The van der Waals surface area contributed by atoms with Crippen LogP contribution in [-0.4, -0.2) is 28.9 Å². The monoisotopic (exact) mass is 502 g/mol. The number of nitrogens with one attached hydrogen (secondary N) is 2. The lowest BCUT2D eigenvalue weighted by molar-refractivity contribution is -0.0890. The maximum atomic E-state index is 12.6. The van der Waals surface area contributed by atoms with Gasteiger partial charge in [-0.25, -0.2) is 9.97 Å². The summed E-state index contributed by atoms with van der Waals surface area (Å²) in [5.41, 5.74) is 1.00. The summed E-state index contributed by atoms with van der Waals surface area (Å²) in [5.74, 6) is 1.76. The molecule has 10 heteroatoms. The van der Waals surface area contributed by atoms with E-state index in [0.29, 0.717) is 39.9 Å². The molecule has 1 aromatic carbocycles. The minimum atomic E-state index is -4.39. The summed E-state index contributed by atoms with van der Waals surface area (Å²) < 4.78 is 44.4. The Bertz CT molecular complexity index is 995. The van der Waals surface area contributed by atoms with Crippen LogP contribution >= 0.6 is 27.5 Å². The van der Waals surface area contributed by atoms with Gasteiger partial charge in [0.1, 0.15) is 22.4 Å². The molecule has 0 saturated carbocycles. The number of dihydropyridines is 1. The topological polar surface area (TPSA) is 59.1 Å². The van der Waals surface area contributed by atoms with E-state index in [-0.39, 0.29) is 0 Å². The number of ether oxygens (including phenoxy) is 1. The number of benzene rings is 1. The van der Waals surface area contributed by atoms with E-state index in [9.17, 15) is 13.2 Å². The summed E-state index contributed by atoms with van der Waals surface area (Å²) >= 11 is 9.68. The van der Waals surface area contributed by atoms with Gasteiger partial charge in [0, 0.05) is 12.7 Å². The number of hydrogen-bond acceptors (Lipinski definition) is 5. The van der Waals surface area contributed by atoms with Gasteiger partial charge in [0.25, 0.3) is 0 Å². The molecule has 0 saturated heterocycles. The fourth-order valence-corrected chi connectivity index (χ4v) is 3.46. The van der Waals surface area contributed by atoms with E-state index >= 15 is 0 Å². The summed E-state index contributed by atoms with van der Waals surface area (Å²) in [6.45, 7) is 4.24. The number of aryl methyl sites for hydroxylation is 2. The maximum Gasteiger partial charge on any atom is 0.417 e. The molecule has 0 aliphatic carbocycles. The smallest absolute Gasteiger partial charge is 0.417 e. The van der Waals surface area contributed by atoms with Crippen molar-refractivity contribution in [3.05, 3.63) is 68.7 Å². The zero-order valence-electron chi connectivity index (χ0n) is 16.1. The molecule has 1 aliphatic rings. The summed E-state index contributed by atoms with van der Waals surface area (Å²) in [7, 11) is 0. The van der Waals surface area contributed by atoms with Crippen molar-refractivity contribution in [1.82, 2.24) is 15.3 Å². The van der Waals surface area contributed by atoms with Crippen LogP contribution < -0.4 is 15.4 Å². The molecule has 1 aliphatic heterocycles. The van der Waals surface area contributed by atoms with Gasteiger partial charge in [-0.2, -0.15) is 13.2 Å². The zero-order valence-corrected chi connectivity index (χ0v) is 18.5. The van der Waals surface area contributed by atoms with Gasteiger partial charge in [-0.05, 0) is 66.0 Å². The highest BCUT2D eigenvalue weighted by Crippen LogP contribution is 2.30. The predicted molar refractivity (Wildman–Crippen MR) is 114 cm³/mol. The van der Waals surface area contributed by atoms with Gasteiger partial charge < -0.3 is 15.4 Å². The van der Waals surface area contributed by atoms with Crippen LogP contribution in [0.1, 0.15) is 17.1 Å². The first-order chi connectivity index (χ1) is 14.1. The van der Waals surface area contributed by atoms with E-state index < -0.39 is 18.0 Å². The Hall–Kier alpha value is -2.26. The molecule has 1 unspecified atom stereocenters. The van der Waals surface area contributed by atoms with Crippen molar-refractivity contribution in [1.29, 1.82) is 0 Å². The average Bonchev–Trinajstić information content (AvgIpc) is 2.67. The van der Waals surface area contributed by atoms with Gasteiger partial charge in [-0.15, -0.1) is 0 Å². The molecule has 1 aromatic heterocycles. The third-order valence-electron chi connectivity index (χ3n) is 4.27. The van der Waals surface area contributed by atoms with Crippen molar-refractivity contribution >= 4 is 33.3 Å².